The van der Waals surface area contributed by atoms with E-state index in [-0.39, 0.29) is 12.6 Å². The van der Waals surface area contributed by atoms with Crippen molar-refractivity contribution in [3.8, 4) is 0 Å². The molecule has 112 valence electrons. The summed E-state index contributed by atoms with van der Waals surface area (Å²) in [7, 11) is -3.48. The van der Waals surface area contributed by atoms with Gasteiger partial charge < -0.3 is 5.11 Å². The third kappa shape index (κ3) is 2.90. The molecule has 1 aromatic rings. The first-order valence-corrected chi connectivity index (χ1v) is 8.63. The first-order chi connectivity index (χ1) is 9.48. The van der Waals surface area contributed by atoms with Crippen LogP contribution in [0.4, 0.5) is 0 Å². The van der Waals surface area contributed by atoms with Gasteiger partial charge in [-0.05, 0) is 43.9 Å². The maximum atomic E-state index is 12.9. The molecule has 1 aromatic carbocycles. The molecule has 5 heteroatoms. The van der Waals surface area contributed by atoms with Crippen LogP contribution in [-0.2, 0) is 16.6 Å². The molecule has 1 saturated heterocycles. The van der Waals surface area contributed by atoms with Crippen molar-refractivity contribution in [1.29, 1.82) is 0 Å². The summed E-state index contributed by atoms with van der Waals surface area (Å²) in [5.74, 6) is 0. The fourth-order valence-electron chi connectivity index (χ4n) is 2.84. The van der Waals surface area contributed by atoms with Crippen LogP contribution in [0.2, 0.25) is 0 Å². The van der Waals surface area contributed by atoms with E-state index in [1.54, 1.807) is 29.4 Å². The van der Waals surface area contributed by atoms with Gasteiger partial charge in [0.15, 0.2) is 0 Å². The predicted molar refractivity (Wildman–Crippen MR) is 78.9 cm³/mol. The highest BCUT2D eigenvalue weighted by molar-refractivity contribution is 7.89. The molecule has 1 fully saturated rings. The molecular weight excluding hydrogens is 274 g/mol. The molecule has 0 saturated carbocycles. The fourth-order valence-corrected chi connectivity index (χ4v) is 4.81. The highest BCUT2D eigenvalue weighted by Gasteiger charge is 2.31. The van der Waals surface area contributed by atoms with E-state index in [0.29, 0.717) is 22.6 Å². The molecular formula is C15H23NO3S. The molecule has 0 aliphatic carbocycles. The maximum absolute atomic E-state index is 12.9. The van der Waals surface area contributed by atoms with Gasteiger partial charge in [-0.15, -0.1) is 0 Å². The largest absolute Gasteiger partial charge is 0.392 e. The van der Waals surface area contributed by atoms with Gasteiger partial charge in [-0.2, -0.15) is 4.31 Å². The molecule has 1 heterocycles. The minimum absolute atomic E-state index is 0.0414. The molecule has 20 heavy (non-hydrogen) atoms. The highest BCUT2D eigenvalue weighted by atomic mass is 32.2. The summed E-state index contributed by atoms with van der Waals surface area (Å²) in [5.41, 5.74) is 1.33. The van der Waals surface area contributed by atoms with Crippen LogP contribution in [0, 0.1) is 6.92 Å². The lowest BCUT2D eigenvalue weighted by Crippen LogP contribution is -2.38. The fraction of sp³-hybridized carbons (Fsp3) is 0.600. The van der Waals surface area contributed by atoms with E-state index in [2.05, 4.69) is 0 Å². The lowest BCUT2D eigenvalue weighted by Gasteiger charge is -2.27. The molecule has 0 spiro atoms. The van der Waals surface area contributed by atoms with Crippen LogP contribution in [0.15, 0.2) is 23.1 Å². The Kier molecular flexibility index (Phi) is 4.83. The Hall–Kier alpha value is -0.910. The van der Waals surface area contributed by atoms with E-state index in [4.69, 9.17) is 0 Å². The zero-order valence-electron chi connectivity index (χ0n) is 12.2. The van der Waals surface area contributed by atoms with Crippen LogP contribution in [0.25, 0.3) is 0 Å². The number of hydrogen-bond acceptors (Lipinski definition) is 3. The zero-order chi connectivity index (χ0) is 14.8. The minimum atomic E-state index is -3.48. The molecule has 0 bridgehead atoms. The van der Waals surface area contributed by atoms with Crippen LogP contribution in [0.1, 0.15) is 43.7 Å². The molecule has 1 aliphatic heterocycles. The summed E-state index contributed by atoms with van der Waals surface area (Å²) in [6.07, 6.45) is 4.01. The van der Waals surface area contributed by atoms with Crippen molar-refractivity contribution < 1.29 is 13.5 Å². The molecule has 1 unspecified atom stereocenters. The number of aliphatic hydroxyl groups is 1. The number of aliphatic hydroxyl groups excluding tert-OH is 1. The Morgan fingerprint density at radius 2 is 2.05 bits per heavy atom. The van der Waals surface area contributed by atoms with Gasteiger partial charge in [0.25, 0.3) is 0 Å². The summed E-state index contributed by atoms with van der Waals surface area (Å²) in [6, 6.07) is 5.15. The maximum Gasteiger partial charge on any atom is 0.243 e. The Labute approximate surface area is 121 Å². The third-order valence-corrected chi connectivity index (χ3v) is 6.30. The number of nitrogens with zero attached hydrogens (tertiary/aromatic N) is 1. The SMILES string of the molecule is Cc1c(CO)cccc1S(=O)(=O)N1CCCCCC1C. The first kappa shape index (κ1) is 15.5. The number of sulfonamides is 1. The van der Waals surface area contributed by atoms with Gasteiger partial charge in [0.2, 0.25) is 10.0 Å². The van der Waals surface area contributed by atoms with Crippen molar-refractivity contribution in [2.24, 2.45) is 0 Å². The van der Waals surface area contributed by atoms with E-state index < -0.39 is 10.0 Å². The van der Waals surface area contributed by atoms with Gasteiger partial charge in [-0.1, -0.05) is 25.0 Å². The third-order valence-electron chi connectivity index (χ3n) is 4.15. The van der Waals surface area contributed by atoms with Crippen LogP contribution >= 0.6 is 0 Å². The lowest BCUT2D eigenvalue weighted by atomic mass is 10.1. The Morgan fingerprint density at radius 3 is 2.75 bits per heavy atom. The van der Waals surface area contributed by atoms with Gasteiger partial charge in [-0.3, -0.25) is 0 Å². The van der Waals surface area contributed by atoms with Gasteiger partial charge in [-0.25, -0.2) is 8.42 Å². The van der Waals surface area contributed by atoms with Crippen molar-refractivity contribution in [2.75, 3.05) is 6.54 Å². The van der Waals surface area contributed by atoms with Gasteiger partial charge in [0.05, 0.1) is 11.5 Å². The molecule has 1 atom stereocenters. The quantitative estimate of drug-likeness (QED) is 0.932. The molecule has 4 nitrogen and oxygen atoms in total. The van der Waals surface area contributed by atoms with Gasteiger partial charge in [0.1, 0.15) is 0 Å². The Bertz CT molecular complexity index is 568. The van der Waals surface area contributed by atoms with Crippen molar-refractivity contribution in [1.82, 2.24) is 4.31 Å². The predicted octanol–water partition coefficient (Wildman–Crippen LogP) is 2.44. The van der Waals surface area contributed by atoms with Crippen molar-refractivity contribution in [2.45, 2.75) is 57.1 Å². The van der Waals surface area contributed by atoms with Gasteiger partial charge in [0, 0.05) is 12.6 Å². The molecule has 1 aliphatic rings. The second-order valence-electron chi connectivity index (χ2n) is 5.51. The van der Waals surface area contributed by atoms with Crippen molar-refractivity contribution >= 4 is 10.0 Å². The number of benzene rings is 1. The molecule has 0 radical (unpaired) electrons. The summed E-state index contributed by atoms with van der Waals surface area (Å²) >= 11 is 0. The highest BCUT2D eigenvalue weighted by Crippen LogP contribution is 2.27. The average Bonchev–Trinajstić information content (AvgIpc) is 2.63. The molecule has 0 aromatic heterocycles. The van der Waals surface area contributed by atoms with Gasteiger partial charge >= 0.3 is 0 Å². The van der Waals surface area contributed by atoms with E-state index in [1.165, 1.54) is 0 Å². The summed E-state index contributed by atoms with van der Waals surface area (Å²) < 4.78 is 27.4. The topological polar surface area (TPSA) is 57.6 Å². The monoisotopic (exact) mass is 297 g/mol. The Balaban J connectivity index is 2.44. The van der Waals surface area contributed by atoms with Crippen LogP contribution < -0.4 is 0 Å². The molecule has 2 rings (SSSR count). The smallest absolute Gasteiger partial charge is 0.243 e. The minimum Gasteiger partial charge on any atom is -0.392 e. The molecule has 0 amide bonds. The zero-order valence-corrected chi connectivity index (χ0v) is 13.0. The number of hydrogen-bond donors (Lipinski definition) is 1. The second kappa shape index (κ2) is 6.24. The van der Waals surface area contributed by atoms with E-state index >= 15 is 0 Å². The normalized spacial score (nSPS) is 21.6. The average molecular weight is 297 g/mol. The van der Waals surface area contributed by atoms with Crippen LogP contribution in [0.3, 0.4) is 0 Å². The van der Waals surface area contributed by atoms with Crippen LogP contribution in [0.5, 0.6) is 0 Å². The van der Waals surface area contributed by atoms with E-state index in [0.717, 1.165) is 25.7 Å². The molecule has 1 N–H and O–H groups in total. The van der Waals surface area contributed by atoms with E-state index in [1.807, 2.05) is 6.92 Å². The summed E-state index contributed by atoms with van der Waals surface area (Å²) in [5, 5.41) is 9.31. The standard InChI is InChI=1S/C15H23NO3S/c1-12-7-4-3-5-10-16(12)20(18,19)15-9-6-8-14(11-17)13(15)2/h6,8-9,12,17H,3-5,7,10-11H2,1-2H3. The second-order valence-corrected chi connectivity index (χ2v) is 7.37. The summed E-state index contributed by atoms with van der Waals surface area (Å²) in [6.45, 7) is 4.20. The van der Waals surface area contributed by atoms with Crippen molar-refractivity contribution in [3.05, 3.63) is 29.3 Å². The summed E-state index contributed by atoms with van der Waals surface area (Å²) in [4.78, 5) is 0.331. The van der Waals surface area contributed by atoms with E-state index in [9.17, 15) is 13.5 Å². The lowest BCUT2D eigenvalue weighted by molar-refractivity contribution is 0.280. The van der Waals surface area contributed by atoms with Crippen LogP contribution in [-0.4, -0.2) is 30.4 Å². The Morgan fingerprint density at radius 1 is 1.30 bits per heavy atom. The van der Waals surface area contributed by atoms with Crippen molar-refractivity contribution in [3.63, 3.8) is 0 Å². The first-order valence-electron chi connectivity index (χ1n) is 7.19. The number of rotatable bonds is 3.